The summed E-state index contributed by atoms with van der Waals surface area (Å²) in [6, 6.07) is 8.18. The first-order valence-electron chi connectivity index (χ1n) is 6.60. The van der Waals surface area contributed by atoms with E-state index < -0.39 is 12.0 Å². The summed E-state index contributed by atoms with van der Waals surface area (Å²) in [6.07, 6.45) is 3.22. The Kier molecular flexibility index (Phi) is 4.44. The third-order valence-electron chi connectivity index (χ3n) is 3.02. The van der Waals surface area contributed by atoms with Crippen molar-refractivity contribution in [1.29, 1.82) is 0 Å². The van der Waals surface area contributed by atoms with Crippen molar-refractivity contribution in [2.45, 2.75) is 38.6 Å². The molecule has 4 nitrogen and oxygen atoms in total. The van der Waals surface area contributed by atoms with Crippen LogP contribution in [0.25, 0.3) is 0 Å². The van der Waals surface area contributed by atoms with Crippen LogP contribution in [0.15, 0.2) is 35.3 Å². The van der Waals surface area contributed by atoms with E-state index in [0.717, 1.165) is 24.8 Å². The van der Waals surface area contributed by atoms with Crippen molar-refractivity contribution in [2.24, 2.45) is 4.99 Å². The number of rotatable bonds is 6. The molecule has 1 aliphatic rings. The number of hydrogen-bond donors (Lipinski definition) is 0. The summed E-state index contributed by atoms with van der Waals surface area (Å²) < 4.78 is 5.08. The van der Waals surface area contributed by atoms with Crippen molar-refractivity contribution in [3.8, 4) is 0 Å². The number of carbonyl (C=O) groups excluding carboxylic acids is 2. The third-order valence-corrected chi connectivity index (χ3v) is 3.02. The van der Waals surface area contributed by atoms with E-state index in [1.807, 2.05) is 18.2 Å². The van der Waals surface area contributed by atoms with Crippen molar-refractivity contribution in [3.05, 3.63) is 35.9 Å². The highest BCUT2D eigenvalue weighted by molar-refractivity contribution is 6.15. The lowest BCUT2D eigenvalue weighted by Crippen LogP contribution is -2.25. The Bertz CT molecular complexity index is 493. The zero-order valence-corrected chi connectivity index (χ0v) is 11.0. The fourth-order valence-electron chi connectivity index (χ4n) is 1.95. The molecule has 0 bridgehead atoms. The topological polar surface area (TPSA) is 55.7 Å². The lowest BCUT2D eigenvalue weighted by atomic mass is 10.1. The monoisotopic (exact) mass is 259 g/mol. The summed E-state index contributed by atoms with van der Waals surface area (Å²) in [5, 5.41) is 0. The predicted molar refractivity (Wildman–Crippen MR) is 72.0 cm³/mol. The summed E-state index contributed by atoms with van der Waals surface area (Å²) in [7, 11) is 0. The van der Waals surface area contributed by atoms with Crippen LogP contribution >= 0.6 is 0 Å². The van der Waals surface area contributed by atoms with Gasteiger partial charge in [-0.3, -0.25) is 4.79 Å². The van der Waals surface area contributed by atoms with Crippen molar-refractivity contribution in [1.82, 2.24) is 0 Å². The number of hydrogen-bond acceptors (Lipinski definition) is 4. The lowest BCUT2D eigenvalue weighted by molar-refractivity contribution is -0.138. The van der Waals surface area contributed by atoms with E-state index in [0.29, 0.717) is 6.42 Å². The SMILES string of the molecule is CCCCCC(=O)C1N=C(c2ccccc2)OC1=O. The molecule has 0 spiro atoms. The third kappa shape index (κ3) is 3.28. The van der Waals surface area contributed by atoms with E-state index >= 15 is 0 Å². The number of unbranched alkanes of at least 4 members (excludes halogenated alkanes) is 2. The fourth-order valence-corrected chi connectivity index (χ4v) is 1.95. The van der Waals surface area contributed by atoms with Crippen LogP contribution in [0.4, 0.5) is 0 Å². The number of nitrogens with zero attached hydrogens (tertiary/aromatic N) is 1. The van der Waals surface area contributed by atoms with Gasteiger partial charge in [0.2, 0.25) is 11.9 Å². The molecule has 0 N–H and O–H groups in total. The van der Waals surface area contributed by atoms with Gasteiger partial charge >= 0.3 is 5.97 Å². The first kappa shape index (κ1) is 13.5. The Balaban J connectivity index is 2.04. The molecule has 0 amide bonds. The predicted octanol–water partition coefficient (Wildman–Crippen LogP) is 2.51. The number of ether oxygens (including phenoxy) is 1. The highest BCUT2D eigenvalue weighted by atomic mass is 16.6. The highest BCUT2D eigenvalue weighted by Gasteiger charge is 2.34. The van der Waals surface area contributed by atoms with Gasteiger partial charge in [0, 0.05) is 12.0 Å². The molecule has 0 aromatic heterocycles. The molecular formula is C15H17NO3. The molecule has 0 radical (unpaired) electrons. The van der Waals surface area contributed by atoms with E-state index in [2.05, 4.69) is 11.9 Å². The summed E-state index contributed by atoms with van der Waals surface area (Å²) in [5.41, 5.74) is 0.722. The number of carbonyl (C=O) groups is 2. The highest BCUT2D eigenvalue weighted by Crippen LogP contribution is 2.16. The van der Waals surface area contributed by atoms with E-state index in [4.69, 9.17) is 4.74 Å². The van der Waals surface area contributed by atoms with Gasteiger partial charge in [-0.05, 0) is 18.6 Å². The minimum Gasteiger partial charge on any atom is -0.405 e. The van der Waals surface area contributed by atoms with Crippen LogP contribution in [0.5, 0.6) is 0 Å². The summed E-state index contributed by atoms with van der Waals surface area (Å²) >= 11 is 0. The zero-order chi connectivity index (χ0) is 13.7. The minimum absolute atomic E-state index is 0.149. The van der Waals surface area contributed by atoms with Crippen molar-refractivity contribution < 1.29 is 14.3 Å². The summed E-state index contributed by atoms with van der Waals surface area (Å²) in [6.45, 7) is 2.07. The Hall–Kier alpha value is -1.97. The van der Waals surface area contributed by atoms with Crippen LogP contribution in [0.3, 0.4) is 0 Å². The Morgan fingerprint density at radius 1 is 1.26 bits per heavy atom. The van der Waals surface area contributed by atoms with Gasteiger partial charge in [0.15, 0.2) is 5.78 Å². The maximum Gasteiger partial charge on any atom is 0.345 e. The Morgan fingerprint density at radius 2 is 2.00 bits per heavy atom. The maximum atomic E-state index is 11.9. The van der Waals surface area contributed by atoms with Gasteiger partial charge in [-0.15, -0.1) is 0 Å². The average Bonchev–Trinajstić information content (AvgIpc) is 2.82. The molecule has 1 aliphatic heterocycles. The number of esters is 1. The van der Waals surface area contributed by atoms with Gasteiger partial charge in [-0.2, -0.15) is 0 Å². The van der Waals surface area contributed by atoms with Crippen molar-refractivity contribution >= 4 is 17.7 Å². The number of ketones is 1. The molecule has 0 aliphatic carbocycles. The zero-order valence-electron chi connectivity index (χ0n) is 11.0. The van der Waals surface area contributed by atoms with E-state index in [9.17, 15) is 9.59 Å². The van der Waals surface area contributed by atoms with E-state index in [1.54, 1.807) is 12.1 Å². The fraction of sp³-hybridized carbons (Fsp3) is 0.400. The number of cyclic esters (lactones) is 1. The molecule has 0 fully saturated rings. The van der Waals surface area contributed by atoms with Gasteiger partial charge in [0.1, 0.15) is 0 Å². The van der Waals surface area contributed by atoms with Crippen LogP contribution in [0.2, 0.25) is 0 Å². The number of Topliss-reactive ketones (excluding diaryl/α,β-unsaturated/α-hetero) is 1. The summed E-state index contributed by atoms with van der Waals surface area (Å²) in [4.78, 5) is 27.7. The van der Waals surface area contributed by atoms with E-state index in [-0.39, 0.29) is 11.7 Å². The van der Waals surface area contributed by atoms with Crippen LogP contribution < -0.4 is 0 Å². The molecule has 1 atom stereocenters. The van der Waals surface area contributed by atoms with Crippen LogP contribution in [0.1, 0.15) is 38.2 Å². The minimum atomic E-state index is -0.966. The van der Waals surface area contributed by atoms with Crippen molar-refractivity contribution in [2.75, 3.05) is 0 Å². The first-order chi connectivity index (χ1) is 9.22. The second-order valence-corrected chi connectivity index (χ2v) is 4.55. The molecule has 0 saturated carbocycles. The molecule has 1 unspecified atom stereocenters. The Morgan fingerprint density at radius 3 is 2.68 bits per heavy atom. The first-order valence-corrected chi connectivity index (χ1v) is 6.60. The van der Waals surface area contributed by atoms with Crippen LogP contribution in [0, 0.1) is 0 Å². The molecular weight excluding hydrogens is 242 g/mol. The quantitative estimate of drug-likeness (QED) is 0.448. The smallest absolute Gasteiger partial charge is 0.345 e. The lowest BCUT2D eigenvalue weighted by Gasteiger charge is -2.01. The maximum absolute atomic E-state index is 11.9. The number of benzene rings is 1. The average molecular weight is 259 g/mol. The second kappa shape index (κ2) is 6.27. The molecule has 19 heavy (non-hydrogen) atoms. The van der Waals surface area contributed by atoms with Crippen LogP contribution in [-0.2, 0) is 14.3 Å². The van der Waals surface area contributed by atoms with Crippen LogP contribution in [-0.4, -0.2) is 23.7 Å². The Labute approximate surface area is 112 Å². The normalized spacial score (nSPS) is 18.1. The molecule has 1 aromatic carbocycles. The molecule has 1 heterocycles. The van der Waals surface area contributed by atoms with Crippen molar-refractivity contribution in [3.63, 3.8) is 0 Å². The molecule has 4 heteroatoms. The van der Waals surface area contributed by atoms with Gasteiger partial charge in [0.05, 0.1) is 0 Å². The molecule has 2 rings (SSSR count). The molecule has 100 valence electrons. The van der Waals surface area contributed by atoms with Gasteiger partial charge in [-0.1, -0.05) is 38.0 Å². The van der Waals surface area contributed by atoms with Gasteiger partial charge in [0.25, 0.3) is 0 Å². The number of aliphatic imine (C=N–C) groups is 1. The standard InChI is InChI=1S/C15H17NO3/c1-2-3-5-10-12(17)13-15(18)19-14(16-13)11-8-6-4-7-9-11/h4,6-9,13H,2-3,5,10H2,1H3. The largest absolute Gasteiger partial charge is 0.405 e. The van der Waals surface area contributed by atoms with Gasteiger partial charge in [-0.25, -0.2) is 9.79 Å². The summed E-state index contributed by atoms with van der Waals surface area (Å²) in [5.74, 6) is -0.454. The van der Waals surface area contributed by atoms with Gasteiger partial charge < -0.3 is 4.74 Å². The molecule has 0 saturated heterocycles. The molecule has 1 aromatic rings. The second-order valence-electron chi connectivity index (χ2n) is 4.55. The van der Waals surface area contributed by atoms with E-state index in [1.165, 1.54) is 0 Å².